The molecule has 0 radical (unpaired) electrons. The number of rotatable bonds is 9. The minimum absolute atomic E-state index is 0.0269. The Morgan fingerprint density at radius 1 is 0.800 bits per heavy atom. The van der Waals surface area contributed by atoms with Crippen molar-refractivity contribution in [2.75, 3.05) is 13.2 Å². The molecule has 0 atom stereocenters. The zero-order valence-electron chi connectivity index (χ0n) is 15.6. The van der Waals surface area contributed by atoms with Gasteiger partial charge in [-0.3, -0.25) is 0 Å². The van der Waals surface area contributed by atoms with Crippen LogP contribution in [0.1, 0.15) is 0 Å². The van der Waals surface area contributed by atoms with E-state index in [-0.39, 0.29) is 42.7 Å². The van der Waals surface area contributed by atoms with Crippen molar-refractivity contribution in [2.45, 2.75) is 0 Å². The third-order valence-corrected chi connectivity index (χ3v) is 3.39. The molecular formula is C20H17N3O7. The van der Waals surface area contributed by atoms with Gasteiger partial charge in [0.05, 0.1) is 0 Å². The van der Waals surface area contributed by atoms with Crippen LogP contribution in [-0.4, -0.2) is 44.3 Å². The molecule has 0 spiro atoms. The Morgan fingerprint density at radius 2 is 1.27 bits per heavy atom. The number of aromatic nitrogens is 3. The fraction of sp³-hybridized carbons (Fsp3) is 0.100. The predicted octanol–water partition coefficient (Wildman–Crippen LogP) is 2.98. The molecule has 0 amide bonds. The third-order valence-electron chi connectivity index (χ3n) is 3.39. The molecule has 0 aliphatic heterocycles. The molecule has 10 heteroatoms. The number of hydrogen-bond donors (Lipinski definition) is 2. The molecule has 0 fully saturated rings. The quantitative estimate of drug-likeness (QED) is 0.307. The summed E-state index contributed by atoms with van der Waals surface area (Å²) in [6.45, 7) is 3.23. The highest BCUT2D eigenvalue weighted by molar-refractivity contribution is 5.81. The van der Waals surface area contributed by atoms with Crippen LogP contribution in [0.3, 0.4) is 0 Å². The molecule has 3 aromatic rings. The number of aromatic hydroxyl groups is 2. The molecule has 30 heavy (non-hydrogen) atoms. The van der Waals surface area contributed by atoms with Gasteiger partial charge in [0.15, 0.2) is 0 Å². The van der Waals surface area contributed by atoms with Crippen molar-refractivity contribution in [3.63, 3.8) is 0 Å². The molecule has 2 aromatic carbocycles. The molecular weight excluding hydrogens is 394 g/mol. The number of nitrogens with zero attached hydrogens (tertiary/aromatic N) is 3. The summed E-state index contributed by atoms with van der Waals surface area (Å²) in [5.41, 5.74) is 0. The van der Waals surface area contributed by atoms with Crippen LogP contribution in [0.2, 0.25) is 0 Å². The van der Waals surface area contributed by atoms with Gasteiger partial charge >= 0.3 is 24.0 Å². The first-order chi connectivity index (χ1) is 14.5. The second-order valence-corrected chi connectivity index (χ2v) is 5.60. The highest BCUT2D eigenvalue weighted by atomic mass is 16.6. The highest BCUT2D eigenvalue weighted by Crippen LogP contribution is 2.26. The first-order valence-corrected chi connectivity index (χ1v) is 8.63. The van der Waals surface area contributed by atoms with Gasteiger partial charge in [-0.05, 0) is 48.5 Å². The average Bonchev–Trinajstić information content (AvgIpc) is 2.74. The van der Waals surface area contributed by atoms with Gasteiger partial charge in [-0.1, -0.05) is 6.58 Å². The first kappa shape index (κ1) is 20.4. The molecule has 0 saturated heterocycles. The van der Waals surface area contributed by atoms with Crippen molar-refractivity contribution < 1.29 is 34.0 Å². The summed E-state index contributed by atoms with van der Waals surface area (Å²) in [4.78, 5) is 23.2. The van der Waals surface area contributed by atoms with E-state index >= 15 is 0 Å². The molecule has 1 heterocycles. The lowest BCUT2D eigenvalue weighted by molar-refractivity contribution is -0.138. The van der Waals surface area contributed by atoms with Crippen molar-refractivity contribution in [3.8, 4) is 41.0 Å². The number of carbonyl (C=O) groups is 1. The number of hydrogen-bond acceptors (Lipinski definition) is 10. The number of carbonyl (C=O) groups excluding carboxylic acids is 1. The molecule has 0 aliphatic carbocycles. The standard InChI is InChI=1S/C20H17N3O7/c1-2-17(26)27-11-12-28-18-21-19(29-15-7-3-13(24)4-8-15)23-20(22-18)30-16-9-5-14(25)6-10-16/h2-10,24-25H,1,11-12H2. The topological polar surface area (TPSA) is 133 Å². The Kier molecular flexibility index (Phi) is 6.62. The van der Waals surface area contributed by atoms with Crippen LogP contribution in [0.5, 0.6) is 41.0 Å². The van der Waals surface area contributed by atoms with E-state index in [0.717, 1.165) is 6.08 Å². The molecule has 1 aromatic heterocycles. The summed E-state index contributed by atoms with van der Waals surface area (Å²) in [5, 5.41) is 18.8. The van der Waals surface area contributed by atoms with Crippen LogP contribution < -0.4 is 14.2 Å². The molecule has 0 unspecified atom stereocenters. The normalized spacial score (nSPS) is 10.1. The van der Waals surface area contributed by atoms with Crippen LogP contribution in [0.4, 0.5) is 0 Å². The maximum absolute atomic E-state index is 11.1. The van der Waals surface area contributed by atoms with Gasteiger partial charge in [0.2, 0.25) is 0 Å². The zero-order valence-corrected chi connectivity index (χ0v) is 15.6. The zero-order chi connectivity index (χ0) is 21.3. The Hall–Kier alpha value is -4.34. The van der Waals surface area contributed by atoms with Crippen LogP contribution in [0.15, 0.2) is 61.2 Å². The van der Waals surface area contributed by atoms with Gasteiger partial charge in [-0.2, -0.15) is 0 Å². The molecule has 10 nitrogen and oxygen atoms in total. The summed E-state index contributed by atoms with van der Waals surface area (Å²) in [6, 6.07) is 11.5. The summed E-state index contributed by atoms with van der Waals surface area (Å²) < 4.78 is 21.3. The van der Waals surface area contributed by atoms with Crippen molar-refractivity contribution in [1.82, 2.24) is 15.0 Å². The SMILES string of the molecule is C=CC(=O)OCCOc1nc(Oc2ccc(O)cc2)nc(Oc2ccc(O)cc2)n1. The summed E-state index contributed by atoms with van der Waals surface area (Å²) >= 11 is 0. The predicted molar refractivity (Wildman–Crippen MR) is 103 cm³/mol. The van der Waals surface area contributed by atoms with Crippen molar-refractivity contribution in [2.24, 2.45) is 0 Å². The minimum atomic E-state index is -0.582. The highest BCUT2D eigenvalue weighted by Gasteiger charge is 2.12. The van der Waals surface area contributed by atoms with Gasteiger partial charge in [0.1, 0.15) is 36.2 Å². The summed E-state index contributed by atoms with van der Waals surface area (Å²) in [6.07, 6.45) is 1.04. The monoisotopic (exact) mass is 411 g/mol. The number of ether oxygens (including phenoxy) is 4. The lowest BCUT2D eigenvalue weighted by Gasteiger charge is -2.10. The maximum Gasteiger partial charge on any atom is 0.331 e. The summed E-state index contributed by atoms with van der Waals surface area (Å²) in [5.74, 6) is 0.294. The molecule has 0 aliphatic rings. The second-order valence-electron chi connectivity index (χ2n) is 5.60. The Morgan fingerprint density at radius 3 is 1.73 bits per heavy atom. The average molecular weight is 411 g/mol. The van der Waals surface area contributed by atoms with Gasteiger partial charge in [-0.25, -0.2) is 4.79 Å². The molecule has 0 bridgehead atoms. The third kappa shape index (κ3) is 6.09. The summed E-state index contributed by atoms with van der Waals surface area (Å²) in [7, 11) is 0. The Labute approximate surface area is 171 Å². The van der Waals surface area contributed by atoms with Crippen molar-refractivity contribution >= 4 is 5.97 Å². The van der Waals surface area contributed by atoms with E-state index in [1.165, 1.54) is 48.5 Å². The van der Waals surface area contributed by atoms with E-state index in [1.807, 2.05) is 0 Å². The van der Waals surface area contributed by atoms with E-state index in [0.29, 0.717) is 11.5 Å². The van der Waals surface area contributed by atoms with Crippen LogP contribution >= 0.6 is 0 Å². The van der Waals surface area contributed by atoms with E-state index in [2.05, 4.69) is 21.5 Å². The van der Waals surface area contributed by atoms with E-state index in [9.17, 15) is 15.0 Å². The van der Waals surface area contributed by atoms with E-state index in [1.54, 1.807) is 0 Å². The maximum atomic E-state index is 11.1. The fourth-order valence-corrected chi connectivity index (χ4v) is 2.05. The van der Waals surface area contributed by atoms with Crippen molar-refractivity contribution in [3.05, 3.63) is 61.2 Å². The molecule has 3 rings (SSSR count). The number of phenols is 2. The van der Waals surface area contributed by atoms with E-state index < -0.39 is 5.97 Å². The Balaban J connectivity index is 1.77. The van der Waals surface area contributed by atoms with Gasteiger partial charge in [-0.15, -0.1) is 15.0 Å². The fourth-order valence-electron chi connectivity index (χ4n) is 2.05. The van der Waals surface area contributed by atoms with Gasteiger partial charge in [0.25, 0.3) is 0 Å². The van der Waals surface area contributed by atoms with Gasteiger partial charge < -0.3 is 29.2 Å². The number of benzene rings is 2. The second kappa shape index (κ2) is 9.73. The molecule has 0 saturated carbocycles. The number of phenolic OH excluding ortho intramolecular Hbond substituents is 2. The molecule has 2 N–H and O–H groups in total. The smallest absolute Gasteiger partial charge is 0.331 e. The first-order valence-electron chi connectivity index (χ1n) is 8.63. The lowest BCUT2D eigenvalue weighted by atomic mass is 10.3. The molecule has 154 valence electrons. The Bertz CT molecular complexity index is 942. The largest absolute Gasteiger partial charge is 0.508 e. The van der Waals surface area contributed by atoms with Crippen LogP contribution in [0, 0.1) is 0 Å². The minimum Gasteiger partial charge on any atom is -0.508 e. The van der Waals surface area contributed by atoms with Crippen LogP contribution in [-0.2, 0) is 9.53 Å². The van der Waals surface area contributed by atoms with Crippen LogP contribution in [0.25, 0.3) is 0 Å². The lowest BCUT2D eigenvalue weighted by Crippen LogP contribution is -2.12. The number of esters is 1. The van der Waals surface area contributed by atoms with E-state index in [4.69, 9.17) is 18.9 Å². The van der Waals surface area contributed by atoms with Gasteiger partial charge in [0, 0.05) is 6.08 Å². The van der Waals surface area contributed by atoms with Crippen molar-refractivity contribution in [1.29, 1.82) is 0 Å².